The molecule has 0 N–H and O–H groups in total. The summed E-state index contributed by atoms with van der Waals surface area (Å²) >= 11 is 3.65. The molecule has 0 aromatic carbocycles. The van der Waals surface area contributed by atoms with Crippen LogP contribution < -0.4 is 0 Å². The second-order valence-corrected chi connectivity index (χ2v) is 8.62. The molecule has 0 spiro atoms. The lowest BCUT2D eigenvalue weighted by atomic mass is 9.95. The maximum absolute atomic E-state index is 11.6. The lowest BCUT2D eigenvalue weighted by molar-refractivity contribution is 0.318. The summed E-state index contributed by atoms with van der Waals surface area (Å²) in [5.41, 5.74) is 3.71. The molecule has 0 saturated carbocycles. The summed E-state index contributed by atoms with van der Waals surface area (Å²) in [4.78, 5) is 9.20. The molecule has 120 valence electrons. The van der Waals surface area contributed by atoms with Crippen molar-refractivity contribution >= 4 is 31.6 Å². The minimum Gasteiger partial charge on any atom is -0.291 e. The van der Waals surface area contributed by atoms with Gasteiger partial charge in [-0.25, -0.2) is 17.7 Å². The maximum atomic E-state index is 11.6. The van der Waals surface area contributed by atoms with Crippen molar-refractivity contribution < 1.29 is 8.42 Å². The summed E-state index contributed by atoms with van der Waals surface area (Å²) in [6.45, 7) is 5.03. The molecule has 2 aromatic heterocycles. The normalized spacial score (nSPS) is 18.2. The highest BCUT2D eigenvalue weighted by Gasteiger charge is 2.29. The molecule has 2 aromatic rings. The van der Waals surface area contributed by atoms with Gasteiger partial charge >= 0.3 is 0 Å². The van der Waals surface area contributed by atoms with Gasteiger partial charge in [-0.1, -0.05) is 0 Å². The van der Waals surface area contributed by atoms with Crippen LogP contribution in [0.5, 0.6) is 0 Å². The standard InChI is InChI=1S/C14H19BrN4O2S/c1-9-8-19-13(15)12(17-14(19)10(2)16-9)11-4-6-18(7-5-11)22(3,20)21/h8,11H,4-7H2,1-3H3. The summed E-state index contributed by atoms with van der Waals surface area (Å²) < 4.78 is 27.7. The molecule has 1 fully saturated rings. The third-order valence-electron chi connectivity index (χ3n) is 4.17. The van der Waals surface area contributed by atoms with Gasteiger partial charge in [0.1, 0.15) is 4.60 Å². The molecule has 1 aliphatic rings. The van der Waals surface area contributed by atoms with Crippen molar-refractivity contribution in [2.45, 2.75) is 32.6 Å². The van der Waals surface area contributed by atoms with Crippen LogP contribution in [0.25, 0.3) is 5.65 Å². The van der Waals surface area contributed by atoms with Crippen molar-refractivity contribution in [3.8, 4) is 0 Å². The van der Waals surface area contributed by atoms with Crippen LogP contribution >= 0.6 is 15.9 Å². The number of nitrogens with zero attached hydrogens (tertiary/aromatic N) is 4. The van der Waals surface area contributed by atoms with Crippen LogP contribution in [0.2, 0.25) is 0 Å². The summed E-state index contributed by atoms with van der Waals surface area (Å²) in [5, 5.41) is 0. The molecule has 1 saturated heterocycles. The Morgan fingerprint density at radius 3 is 2.45 bits per heavy atom. The number of sulfonamides is 1. The summed E-state index contributed by atoms with van der Waals surface area (Å²) in [6, 6.07) is 0. The highest BCUT2D eigenvalue weighted by molar-refractivity contribution is 9.10. The molecule has 0 bridgehead atoms. The molecule has 0 aliphatic carbocycles. The smallest absolute Gasteiger partial charge is 0.211 e. The van der Waals surface area contributed by atoms with Gasteiger partial charge in [-0.2, -0.15) is 0 Å². The van der Waals surface area contributed by atoms with Gasteiger partial charge in [0.05, 0.1) is 23.3 Å². The minimum absolute atomic E-state index is 0.270. The number of hydrogen-bond acceptors (Lipinski definition) is 4. The first kappa shape index (κ1) is 15.9. The van der Waals surface area contributed by atoms with Crippen molar-refractivity contribution in [3.05, 3.63) is 27.9 Å². The van der Waals surface area contributed by atoms with Crippen molar-refractivity contribution in [3.63, 3.8) is 0 Å². The first-order valence-corrected chi connectivity index (χ1v) is 9.88. The van der Waals surface area contributed by atoms with Crippen LogP contribution in [-0.4, -0.2) is 46.4 Å². The molecule has 0 atom stereocenters. The lowest BCUT2D eigenvalue weighted by Crippen LogP contribution is -2.37. The Bertz CT molecular complexity index is 823. The topological polar surface area (TPSA) is 67.6 Å². The first-order chi connectivity index (χ1) is 10.3. The van der Waals surface area contributed by atoms with Gasteiger partial charge in [0.25, 0.3) is 0 Å². The second kappa shape index (κ2) is 5.58. The Labute approximate surface area is 138 Å². The molecular formula is C14H19BrN4O2S. The number of rotatable bonds is 2. The molecule has 0 radical (unpaired) electrons. The van der Waals surface area contributed by atoms with Gasteiger partial charge in [-0.05, 0) is 42.6 Å². The second-order valence-electron chi connectivity index (χ2n) is 5.89. The summed E-state index contributed by atoms with van der Waals surface area (Å²) in [7, 11) is -3.09. The van der Waals surface area contributed by atoms with E-state index in [1.807, 2.05) is 24.4 Å². The van der Waals surface area contributed by atoms with E-state index in [0.717, 1.165) is 40.2 Å². The lowest BCUT2D eigenvalue weighted by Gasteiger charge is -2.29. The van der Waals surface area contributed by atoms with E-state index >= 15 is 0 Å². The third kappa shape index (κ3) is 2.79. The van der Waals surface area contributed by atoms with Crippen LogP contribution in [-0.2, 0) is 10.0 Å². The van der Waals surface area contributed by atoms with Gasteiger partial charge in [-0.15, -0.1) is 0 Å². The van der Waals surface area contributed by atoms with E-state index in [2.05, 4.69) is 20.9 Å². The van der Waals surface area contributed by atoms with E-state index in [4.69, 9.17) is 4.98 Å². The maximum Gasteiger partial charge on any atom is 0.211 e. The van der Waals surface area contributed by atoms with Gasteiger partial charge in [0.15, 0.2) is 5.65 Å². The fourth-order valence-electron chi connectivity index (χ4n) is 3.05. The van der Waals surface area contributed by atoms with E-state index < -0.39 is 10.0 Å². The van der Waals surface area contributed by atoms with E-state index in [0.29, 0.717) is 13.1 Å². The average molecular weight is 387 g/mol. The Morgan fingerprint density at radius 2 is 1.86 bits per heavy atom. The number of hydrogen-bond donors (Lipinski definition) is 0. The zero-order valence-electron chi connectivity index (χ0n) is 12.9. The molecule has 0 amide bonds. The zero-order valence-corrected chi connectivity index (χ0v) is 15.3. The fourth-order valence-corrected chi connectivity index (χ4v) is 4.61. The molecule has 8 heteroatoms. The number of aromatic nitrogens is 3. The zero-order chi connectivity index (χ0) is 16.1. The van der Waals surface area contributed by atoms with E-state index in [1.165, 1.54) is 6.26 Å². The summed E-state index contributed by atoms with van der Waals surface area (Å²) in [5.74, 6) is 0.270. The quantitative estimate of drug-likeness (QED) is 0.793. The SMILES string of the molecule is Cc1cn2c(Br)c(C3CCN(S(C)(=O)=O)CC3)nc2c(C)n1. The van der Waals surface area contributed by atoms with Crippen molar-refractivity contribution in [1.82, 2.24) is 18.7 Å². The fraction of sp³-hybridized carbons (Fsp3) is 0.571. The Balaban J connectivity index is 1.92. The first-order valence-electron chi connectivity index (χ1n) is 7.24. The molecule has 1 aliphatic heterocycles. The largest absolute Gasteiger partial charge is 0.291 e. The van der Waals surface area contributed by atoms with Crippen molar-refractivity contribution in [1.29, 1.82) is 0 Å². The average Bonchev–Trinajstić information content (AvgIpc) is 2.76. The molecule has 3 rings (SSSR count). The van der Waals surface area contributed by atoms with Crippen molar-refractivity contribution in [2.24, 2.45) is 0 Å². The van der Waals surface area contributed by atoms with Crippen molar-refractivity contribution in [2.75, 3.05) is 19.3 Å². The highest BCUT2D eigenvalue weighted by Crippen LogP contribution is 2.34. The number of fused-ring (bicyclic) bond motifs is 1. The third-order valence-corrected chi connectivity index (χ3v) is 6.26. The molecule has 6 nitrogen and oxygen atoms in total. The predicted molar refractivity (Wildman–Crippen MR) is 88.6 cm³/mol. The van der Waals surface area contributed by atoms with Crippen LogP contribution in [0.4, 0.5) is 0 Å². The Hall–Kier alpha value is -0.990. The molecule has 22 heavy (non-hydrogen) atoms. The van der Waals surface area contributed by atoms with E-state index in [9.17, 15) is 8.42 Å². The molecule has 0 unspecified atom stereocenters. The van der Waals surface area contributed by atoms with Gasteiger partial charge < -0.3 is 0 Å². The minimum atomic E-state index is -3.09. The van der Waals surface area contributed by atoms with E-state index in [1.54, 1.807) is 4.31 Å². The Morgan fingerprint density at radius 1 is 1.23 bits per heavy atom. The number of halogens is 1. The number of aryl methyl sites for hydroxylation is 2. The van der Waals surface area contributed by atoms with Gasteiger partial charge in [-0.3, -0.25) is 9.38 Å². The Kier molecular flexibility index (Phi) is 4.03. The van der Waals surface area contributed by atoms with Crippen LogP contribution in [0.1, 0.15) is 35.8 Å². The molecule has 3 heterocycles. The monoisotopic (exact) mass is 386 g/mol. The van der Waals surface area contributed by atoms with Crippen LogP contribution in [0.3, 0.4) is 0 Å². The van der Waals surface area contributed by atoms with Gasteiger partial charge in [0.2, 0.25) is 10.0 Å². The molecular weight excluding hydrogens is 368 g/mol. The highest BCUT2D eigenvalue weighted by atomic mass is 79.9. The van der Waals surface area contributed by atoms with Crippen LogP contribution in [0.15, 0.2) is 10.8 Å². The van der Waals surface area contributed by atoms with E-state index in [-0.39, 0.29) is 5.92 Å². The summed E-state index contributed by atoms with van der Waals surface area (Å²) in [6.07, 6.45) is 4.82. The number of imidazole rings is 1. The number of piperidine rings is 1. The predicted octanol–water partition coefficient (Wildman–Crippen LogP) is 2.25. The van der Waals surface area contributed by atoms with Crippen LogP contribution in [0, 0.1) is 13.8 Å². The van der Waals surface area contributed by atoms with Gasteiger partial charge in [0, 0.05) is 25.2 Å².